The number of phenolic OH excluding ortho intramolecular Hbond substituents is 1. The van der Waals surface area contributed by atoms with Gasteiger partial charge in [0.1, 0.15) is 11.5 Å². The maximum absolute atomic E-state index is 12.3. The summed E-state index contributed by atoms with van der Waals surface area (Å²) in [5.41, 5.74) is 0.335. The Bertz CT molecular complexity index is 522. The molecule has 5 nitrogen and oxygen atoms in total. The number of halogens is 1. The molecule has 2 rings (SSSR count). The monoisotopic (exact) mass is 312 g/mol. The summed E-state index contributed by atoms with van der Waals surface area (Å²) in [6, 6.07) is 3.17. The predicted molar refractivity (Wildman–Crippen MR) is 82.3 cm³/mol. The maximum Gasteiger partial charge on any atom is 0.255 e. The van der Waals surface area contributed by atoms with Gasteiger partial charge in [-0.2, -0.15) is 0 Å². The van der Waals surface area contributed by atoms with Gasteiger partial charge in [-0.1, -0.05) is 18.5 Å². The van der Waals surface area contributed by atoms with Gasteiger partial charge in [-0.3, -0.25) is 9.69 Å². The summed E-state index contributed by atoms with van der Waals surface area (Å²) >= 11 is 5.87. The molecule has 21 heavy (non-hydrogen) atoms. The highest BCUT2D eigenvalue weighted by molar-refractivity contribution is 6.32. The molecule has 1 fully saturated rings. The Hall–Kier alpha value is -1.46. The van der Waals surface area contributed by atoms with Crippen LogP contribution in [0.1, 0.15) is 30.1 Å². The van der Waals surface area contributed by atoms with Gasteiger partial charge in [-0.05, 0) is 32.0 Å². The number of hydrogen-bond donors (Lipinski definition) is 2. The first-order valence-corrected chi connectivity index (χ1v) is 7.53. The van der Waals surface area contributed by atoms with Gasteiger partial charge >= 0.3 is 0 Å². The number of nitrogens with one attached hydrogen (secondary N) is 1. The fourth-order valence-corrected chi connectivity index (χ4v) is 2.90. The molecule has 116 valence electrons. The van der Waals surface area contributed by atoms with E-state index in [0.717, 1.165) is 19.5 Å². The molecule has 1 aromatic carbocycles. The minimum atomic E-state index is -0.239. The molecule has 2 N–H and O–H groups in total. The Kier molecular flexibility index (Phi) is 5.31. The molecule has 1 atom stereocenters. The van der Waals surface area contributed by atoms with Crippen LogP contribution in [0.4, 0.5) is 0 Å². The smallest absolute Gasteiger partial charge is 0.255 e. The van der Waals surface area contributed by atoms with Crippen LogP contribution in [0.15, 0.2) is 12.1 Å². The third-order valence-electron chi connectivity index (χ3n) is 3.92. The number of aromatic hydroxyl groups is 1. The van der Waals surface area contributed by atoms with E-state index >= 15 is 0 Å². The predicted octanol–water partition coefficient (Wildman–Crippen LogP) is 2.27. The normalized spacial score (nSPS) is 18.7. The fraction of sp³-hybridized carbons (Fsp3) is 0.533. The first-order chi connectivity index (χ1) is 10.1. The molecule has 0 aromatic heterocycles. The Morgan fingerprint density at radius 2 is 2.33 bits per heavy atom. The second kappa shape index (κ2) is 7.00. The minimum absolute atomic E-state index is 0.0991. The summed E-state index contributed by atoms with van der Waals surface area (Å²) in [5.74, 6) is -0.0251. The summed E-state index contributed by atoms with van der Waals surface area (Å²) in [6.07, 6.45) is 2.27. The lowest BCUT2D eigenvalue weighted by Crippen LogP contribution is -2.40. The number of carbonyl (C=O) groups is 1. The van der Waals surface area contributed by atoms with E-state index in [2.05, 4.69) is 17.1 Å². The first-order valence-electron chi connectivity index (χ1n) is 7.15. The summed E-state index contributed by atoms with van der Waals surface area (Å²) in [6.45, 7) is 4.82. The van der Waals surface area contributed by atoms with Crippen molar-refractivity contribution in [3.63, 3.8) is 0 Å². The van der Waals surface area contributed by atoms with E-state index in [1.807, 2.05) is 0 Å². The largest absolute Gasteiger partial charge is 0.506 e. The molecular weight excluding hydrogens is 292 g/mol. The van der Waals surface area contributed by atoms with Gasteiger partial charge < -0.3 is 15.2 Å². The zero-order valence-corrected chi connectivity index (χ0v) is 13.1. The van der Waals surface area contributed by atoms with E-state index in [9.17, 15) is 9.90 Å². The van der Waals surface area contributed by atoms with Gasteiger partial charge in [0, 0.05) is 18.7 Å². The minimum Gasteiger partial charge on any atom is -0.506 e. The van der Waals surface area contributed by atoms with Crippen molar-refractivity contribution in [1.29, 1.82) is 0 Å². The molecule has 0 spiro atoms. The van der Waals surface area contributed by atoms with Crippen LogP contribution < -0.4 is 10.1 Å². The molecule has 1 amide bonds. The summed E-state index contributed by atoms with van der Waals surface area (Å²) in [4.78, 5) is 14.7. The van der Waals surface area contributed by atoms with Crippen LogP contribution in [0, 0.1) is 0 Å². The lowest BCUT2D eigenvalue weighted by Gasteiger charge is -2.23. The van der Waals surface area contributed by atoms with E-state index in [1.54, 1.807) is 0 Å². The van der Waals surface area contributed by atoms with Crippen molar-refractivity contribution in [2.45, 2.75) is 25.8 Å². The highest BCUT2D eigenvalue weighted by atomic mass is 35.5. The summed E-state index contributed by atoms with van der Waals surface area (Å²) < 4.78 is 5.13. The highest BCUT2D eigenvalue weighted by Gasteiger charge is 2.24. The zero-order chi connectivity index (χ0) is 15.4. The van der Waals surface area contributed by atoms with Gasteiger partial charge in [0.05, 0.1) is 17.7 Å². The number of benzene rings is 1. The molecule has 1 aromatic rings. The summed E-state index contributed by atoms with van der Waals surface area (Å²) in [7, 11) is 1.45. The number of phenols is 1. The SMILES string of the molecule is CCN1CCCC1CNC(=O)c1cc(Cl)c(O)cc1OC. The zero-order valence-electron chi connectivity index (χ0n) is 12.4. The molecule has 0 radical (unpaired) electrons. The average molecular weight is 313 g/mol. The van der Waals surface area contributed by atoms with Crippen molar-refractivity contribution in [2.24, 2.45) is 0 Å². The van der Waals surface area contributed by atoms with Crippen LogP contribution in [-0.4, -0.2) is 48.7 Å². The van der Waals surface area contributed by atoms with E-state index in [1.165, 1.54) is 25.7 Å². The summed E-state index contributed by atoms with van der Waals surface area (Å²) in [5, 5.41) is 12.6. The van der Waals surface area contributed by atoms with Crippen molar-refractivity contribution < 1.29 is 14.6 Å². The molecule has 1 aliphatic rings. The number of carbonyl (C=O) groups excluding carboxylic acids is 1. The number of nitrogens with zero attached hydrogens (tertiary/aromatic N) is 1. The number of methoxy groups -OCH3 is 1. The molecule has 6 heteroatoms. The first kappa shape index (κ1) is 15.9. The van der Waals surface area contributed by atoms with E-state index < -0.39 is 0 Å². The van der Waals surface area contributed by atoms with Crippen LogP contribution >= 0.6 is 11.6 Å². The van der Waals surface area contributed by atoms with Gasteiger partial charge in [-0.15, -0.1) is 0 Å². The lowest BCUT2D eigenvalue weighted by atomic mass is 10.1. The van der Waals surface area contributed by atoms with Crippen LogP contribution in [0.25, 0.3) is 0 Å². The van der Waals surface area contributed by atoms with Crippen LogP contribution in [0.3, 0.4) is 0 Å². The lowest BCUT2D eigenvalue weighted by molar-refractivity contribution is 0.0938. The van der Waals surface area contributed by atoms with Gasteiger partial charge in [0.25, 0.3) is 5.91 Å². The third kappa shape index (κ3) is 3.60. The van der Waals surface area contributed by atoms with Gasteiger partial charge in [-0.25, -0.2) is 0 Å². The fourth-order valence-electron chi connectivity index (χ4n) is 2.74. The van der Waals surface area contributed by atoms with Crippen LogP contribution in [-0.2, 0) is 0 Å². The number of likely N-dealkylation sites (tertiary alicyclic amines) is 1. The Morgan fingerprint density at radius 1 is 1.57 bits per heavy atom. The molecule has 1 aliphatic heterocycles. The number of ether oxygens (including phenoxy) is 1. The van der Waals surface area contributed by atoms with Crippen LogP contribution in [0.5, 0.6) is 11.5 Å². The number of rotatable bonds is 5. The van der Waals surface area contributed by atoms with Crippen LogP contribution in [0.2, 0.25) is 5.02 Å². The van der Waals surface area contributed by atoms with E-state index in [-0.39, 0.29) is 16.7 Å². The molecule has 1 unspecified atom stereocenters. The third-order valence-corrected chi connectivity index (χ3v) is 4.22. The number of hydrogen-bond acceptors (Lipinski definition) is 4. The van der Waals surface area contributed by atoms with Crippen molar-refractivity contribution in [1.82, 2.24) is 10.2 Å². The Morgan fingerprint density at radius 3 is 3.00 bits per heavy atom. The molecule has 0 aliphatic carbocycles. The molecular formula is C15H21ClN2O3. The van der Waals surface area contributed by atoms with E-state index in [4.69, 9.17) is 16.3 Å². The van der Waals surface area contributed by atoms with Gasteiger partial charge in [0.2, 0.25) is 0 Å². The second-order valence-electron chi connectivity index (χ2n) is 5.14. The molecule has 0 saturated carbocycles. The van der Waals surface area contributed by atoms with Gasteiger partial charge in [0.15, 0.2) is 0 Å². The Labute approximate surface area is 129 Å². The maximum atomic E-state index is 12.3. The van der Waals surface area contributed by atoms with Crippen molar-refractivity contribution in [3.8, 4) is 11.5 Å². The molecule has 1 heterocycles. The number of amides is 1. The number of likely N-dealkylation sites (N-methyl/N-ethyl adjacent to an activating group) is 1. The van der Waals surface area contributed by atoms with Crippen molar-refractivity contribution >= 4 is 17.5 Å². The highest BCUT2D eigenvalue weighted by Crippen LogP contribution is 2.31. The molecule has 1 saturated heterocycles. The van der Waals surface area contributed by atoms with Crippen molar-refractivity contribution in [2.75, 3.05) is 26.7 Å². The Balaban J connectivity index is 2.05. The molecule has 0 bridgehead atoms. The van der Waals surface area contributed by atoms with Crippen molar-refractivity contribution in [3.05, 3.63) is 22.7 Å². The standard InChI is InChI=1S/C15H21ClN2O3/c1-3-18-6-4-5-10(18)9-17-15(20)11-7-12(16)13(19)8-14(11)21-2/h7-8,10,19H,3-6,9H2,1-2H3,(H,17,20). The average Bonchev–Trinajstić information content (AvgIpc) is 2.94. The van der Waals surface area contributed by atoms with E-state index in [0.29, 0.717) is 23.9 Å². The topological polar surface area (TPSA) is 61.8 Å². The quantitative estimate of drug-likeness (QED) is 0.875. The second-order valence-corrected chi connectivity index (χ2v) is 5.55.